The van der Waals surface area contributed by atoms with Crippen molar-refractivity contribution in [3.8, 4) is 0 Å². The third kappa shape index (κ3) is 2.43. The van der Waals surface area contributed by atoms with Gasteiger partial charge in [-0.3, -0.25) is 4.79 Å². The van der Waals surface area contributed by atoms with Crippen molar-refractivity contribution < 1.29 is 4.79 Å². The van der Waals surface area contributed by atoms with Crippen LogP contribution in [0, 0.1) is 6.92 Å². The minimum atomic E-state index is 0.0641. The Morgan fingerprint density at radius 1 is 1.32 bits per heavy atom. The first kappa shape index (κ1) is 12.4. The maximum atomic E-state index is 12.3. The molecule has 19 heavy (non-hydrogen) atoms. The van der Waals surface area contributed by atoms with Crippen LogP contribution in [0.2, 0.25) is 0 Å². The molecule has 1 atom stereocenters. The van der Waals surface area contributed by atoms with Gasteiger partial charge in [-0.25, -0.2) is 0 Å². The van der Waals surface area contributed by atoms with Gasteiger partial charge in [-0.2, -0.15) is 0 Å². The Morgan fingerprint density at radius 2 is 2.16 bits per heavy atom. The highest BCUT2D eigenvalue weighted by atomic mass is 32.1. The number of amides is 1. The number of carbonyl (C=O) groups excluding carboxylic acids is 1. The molecule has 1 aromatic heterocycles. The van der Waals surface area contributed by atoms with E-state index in [0.717, 1.165) is 29.7 Å². The summed E-state index contributed by atoms with van der Waals surface area (Å²) >= 11 is 1.52. The fourth-order valence-electron chi connectivity index (χ4n) is 2.73. The van der Waals surface area contributed by atoms with Crippen molar-refractivity contribution >= 4 is 17.2 Å². The molecule has 1 aliphatic carbocycles. The van der Waals surface area contributed by atoms with Gasteiger partial charge in [0.05, 0.1) is 10.9 Å². The molecule has 3 heteroatoms. The summed E-state index contributed by atoms with van der Waals surface area (Å²) in [7, 11) is 0. The maximum absolute atomic E-state index is 12.3. The Balaban J connectivity index is 1.82. The van der Waals surface area contributed by atoms with Gasteiger partial charge in [0.25, 0.3) is 5.91 Å². The molecule has 1 amide bonds. The predicted molar refractivity (Wildman–Crippen MR) is 78.6 cm³/mol. The van der Waals surface area contributed by atoms with E-state index < -0.39 is 0 Å². The molecule has 1 N–H and O–H groups in total. The van der Waals surface area contributed by atoms with E-state index in [1.807, 2.05) is 18.4 Å². The minimum Gasteiger partial charge on any atom is -0.345 e. The first-order valence-electron chi connectivity index (χ1n) is 6.68. The molecule has 0 spiro atoms. The summed E-state index contributed by atoms with van der Waals surface area (Å²) in [6, 6.07) is 10.6. The fraction of sp³-hybridized carbons (Fsp3) is 0.312. The lowest BCUT2D eigenvalue weighted by Crippen LogP contribution is -2.30. The molecule has 1 aliphatic rings. The van der Waals surface area contributed by atoms with Crippen LogP contribution in [0.25, 0.3) is 0 Å². The van der Waals surface area contributed by atoms with Crippen LogP contribution >= 0.6 is 11.3 Å². The highest BCUT2D eigenvalue weighted by Gasteiger charge is 2.22. The lowest BCUT2D eigenvalue weighted by Gasteiger charge is -2.26. The lowest BCUT2D eigenvalue weighted by atomic mass is 9.88. The third-order valence-electron chi connectivity index (χ3n) is 3.74. The molecule has 0 aliphatic heterocycles. The summed E-state index contributed by atoms with van der Waals surface area (Å²) in [5.41, 5.74) is 3.73. The summed E-state index contributed by atoms with van der Waals surface area (Å²) in [6.07, 6.45) is 3.30. The van der Waals surface area contributed by atoms with Crippen molar-refractivity contribution in [3.63, 3.8) is 0 Å². The molecule has 98 valence electrons. The quantitative estimate of drug-likeness (QED) is 0.882. The average molecular weight is 271 g/mol. The maximum Gasteiger partial charge on any atom is 0.262 e. The van der Waals surface area contributed by atoms with Crippen molar-refractivity contribution in [3.05, 3.63) is 57.3 Å². The lowest BCUT2D eigenvalue weighted by molar-refractivity contribution is 0.0936. The topological polar surface area (TPSA) is 29.1 Å². The molecular formula is C16H17NOS. The van der Waals surface area contributed by atoms with E-state index >= 15 is 0 Å². The van der Waals surface area contributed by atoms with Crippen LogP contribution in [0.1, 0.15) is 45.2 Å². The average Bonchev–Trinajstić information content (AvgIpc) is 2.85. The van der Waals surface area contributed by atoms with Crippen LogP contribution in [0.4, 0.5) is 0 Å². The van der Waals surface area contributed by atoms with Gasteiger partial charge in [-0.1, -0.05) is 24.3 Å². The first-order valence-corrected chi connectivity index (χ1v) is 7.56. The van der Waals surface area contributed by atoms with E-state index in [2.05, 4.69) is 29.6 Å². The second kappa shape index (κ2) is 5.17. The molecular weight excluding hydrogens is 254 g/mol. The van der Waals surface area contributed by atoms with Crippen LogP contribution in [0.3, 0.4) is 0 Å². The molecule has 0 fully saturated rings. The molecule has 1 aromatic carbocycles. The zero-order valence-electron chi connectivity index (χ0n) is 11.0. The van der Waals surface area contributed by atoms with Crippen molar-refractivity contribution in [1.29, 1.82) is 0 Å². The second-order valence-electron chi connectivity index (χ2n) is 5.05. The molecule has 3 rings (SSSR count). The molecule has 2 aromatic rings. The van der Waals surface area contributed by atoms with E-state index in [1.165, 1.54) is 22.5 Å². The highest BCUT2D eigenvalue weighted by Crippen LogP contribution is 2.30. The molecule has 0 radical (unpaired) electrons. The van der Waals surface area contributed by atoms with Gasteiger partial charge in [-0.05, 0) is 54.3 Å². The molecule has 2 nitrogen and oxygen atoms in total. The molecule has 0 bridgehead atoms. The molecule has 1 heterocycles. The SMILES string of the molecule is Cc1ccsc1C(=O)NC1CCCc2ccccc21. The normalized spacial score (nSPS) is 17.8. The Labute approximate surface area is 117 Å². The second-order valence-corrected chi connectivity index (χ2v) is 5.97. The largest absolute Gasteiger partial charge is 0.345 e. The van der Waals surface area contributed by atoms with Gasteiger partial charge in [0, 0.05) is 0 Å². The van der Waals surface area contributed by atoms with E-state index in [9.17, 15) is 4.79 Å². The number of hydrogen-bond acceptors (Lipinski definition) is 2. The Morgan fingerprint density at radius 3 is 2.95 bits per heavy atom. The highest BCUT2D eigenvalue weighted by molar-refractivity contribution is 7.12. The van der Waals surface area contributed by atoms with Crippen LogP contribution in [0.15, 0.2) is 35.7 Å². The third-order valence-corrected chi connectivity index (χ3v) is 4.76. The number of thiophene rings is 1. The van der Waals surface area contributed by atoms with E-state index in [0.29, 0.717) is 0 Å². The van der Waals surface area contributed by atoms with Crippen LogP contribution in [-0.4, -0.2) is 5.91 Å². The first-order chi connectivity index (χ1) is 9.25. The number of carbonyl (C=O) groups is 1. The smallest absolute Gasteiger partial charge is 0.262 e. The Hall–Kier alpha value is -1.61. The van der Waals surface area contributed by atoms with E-state index in [-0.39, 0.29) is 11.9 Å². The minimum absolute atomic E-state index is 0.0641. The van der Waals surface area contributed by atoms with Crippen LogP contribution < -0.4 is 5.32 Å². The fourth-order valence-corrected chi connectivity index (χ4v) is 3.56. The van der Waals surface area contributed by atoms with Gasteiger partial charge in [0.1, 0.15) is 0 Å². The Kier molecular flexibility index (Phi) is 3.38. The van der Waals surface area contributed by atoms with Crippen molar-refractivity contribution in [2.24, 2.45) is 0 Å². The summed E-state index contributed by atoms with van der Waals surface area (Å²) in [6.45, 7) is 1.99. The standard InChI is InChI=1S/C16H17NOS/c1-11-9-10-19-15(11)16(18)17-14-8-4-6-12-5-2-3-7-13(12)14/h2-3,5,7,9-10,14H,4,6,8H2,1H3,(H,17,18). The number of benzene rings is 1. The van der Waals surface area contributed by atoms with Crippen LogP contribution in [-0.2, 0) is 6.42 Å². The summed E-state index contributed by atoms with van der Waals surface area (Å²) < 4.78 is 0. The van der Waals surface area contributed by atoms with Crippen molar-refractivity contribution in [2.75, 3.05) is 0 Å². The molecule has 0 saturated carbocycles. The van der Waals surface area contributed by atoms with Gasteiger partial charge < -0.3 is 5.32 Å². The summed E-state index contributed by atoms with van der Waals surface area (Å²) in [5, 5.41) is 5.16. The van der Waals surface area contributed by atoms with E-state index in [1.54, 1.807) is 0 Å². The number of fused-ring (bicyclic) bond motifs is 1. The number of rotatable bonds is 2. The van der Waals surface area contributed by atoms with Gasteiger partial charge in [0.2, 0.25) is 0 Å². The van der Waals surface area contributed by atoms with E-state index in [4.69, 9.17) is 0 Å². The van der Waals surface area contributed by atoms with Crippen molar-refractivity contribution in [1.82, 2.24) is 5.32 Å². The zero-order chi connectivity index (χ0) is 13.2. The van der Waals surface area contributed by atoms with Gasteiger partial charge >= 0.3 is 0 Å². The van der Waals surface area contributed by atoms with Gasteiger partial charge in [0.15, 0.2) is 0 Å². The zero-order valence-corrected chi connectivity index (χ0v) is 11.8. The summed E-state index contributed by atoms with van der Waals surface area (Å²) in [5.74, 6) is 0.0641. The monoisotopic (exact) mass is 271 g/mol. The van der Waals surface area contributed by atoms with Crippen molar-refractivity contribution in [2.45, 2.75) is 32.2 Å². The number of hydrogen-bond donors (Lipinski definition) is 1. The number of nitrogens with one attached hydrogen (secondary N) is 1. The predicted octanol–water partition coefficient (Wildman–Crippen LogP) is 3.86. The molecule has 0 saturated heterocycles. The van der Waals surface area contributed by atoms with Gasteiger partial charge in [-0.15, -0.1) is 11.3 Å². The summed E-state index contributed by atoms with van der Waals surface area (Å²) in [4.78, 5) is 13.1. The Bertz CT molecular complexity index is 602. The number of aryl methyl sites for hydroxylation is 2. The molecule has 1 unspecified atom stereocenters. The van der Waals surface area contributed by atoms with Crippen LogP contribution in [0.5, 0.6) is 0 Å².